The highest BCUT2D eigenvalue weighted by Gasteiger charge is 2.33. The van der Waals surface area contributed by atoms with Crippen LogP contribution >= 0.6 is 0 Å². The van der Waals surface area contributed by atoms with E-state index in [1.54, 1.807) is 0 Å². The van der Waals surface area contributed by atoms with Gasteiger partial charge in [0.25, 0.3) is 0 Å². The van der Waals surface area contributed by atoms with E-state index in [2.05, 4.69) is 11.3 Å². The van der Waals surface area contributed by atoms with Crippen molar-refractivity contribution >= 4 is 11.8 Å². The zero-order valence-electron chi connectivity index (χ0n) is 11.1. The molecule has 0 aliphatic carbocycles. The maximum Gasteiger partial charge on any atom is 0.333 e. The Morgan fingerprint density at radius 3 is 2.15 bits per heavy atom. The van der Waals surface area contributed by atoms with E-state index in [9.17, 15) is 24.9 Å². The van der Waals surface area contributed by atoms with Gasteiger partial charge in [0.1, 0.15) is 24.4 Å². The van der Waals surface area contributed by atoms with Crippen LogP contribution in [0.15, 0.2) is 12.2 Å². The third-order valence-corrected chi connectivity index (χ3v) is 2.51. The van der Waals surface area contributed by atoms with Gasteiger partial charge in [-0.2, -0.15) is 0 Å². The molecule has 0 amide bonds. The van der Waals surface area contributed by atoms with Crippen molar-refractivity contribution in [2.75, 3.05) is 13.2 Å². The van der Waals surface area contributed by atoms with Crippen LogP contribution in [-0.2, 0) is 14.3 Å². The number of esters is 1. The molecule has 4 atom stereocenters. The Hall–Kier alpha value is -1.32. The molecule has 0 aromatic rings. The summed E-state index contributed by atoms with van der Waals surface area (Å²) in [6.45, 7) is 3.61. The van der Waals surface area contributed by atoms with Crippen molar-refractivity contribution in [1.82, 2.24) is 0 Å². The fourth-order valence-electron chi connectivity index (χ4n) is 1.23. The molecule has 0 aromatic carbocycles. The lowest BCUT2D eigenvalue weighted by Gasteiger charge is -2.24. The highest BCUT2D eigenvalue weighted by atomic mass is 16.5. The van der Waals surface area contributed by atoms with Gasteiger partial charge in [-0.05, 0) is 6.92 Å². The first kappa shape index (κ1) is 18.7. The number of hydrogen-bond donors (Lipinski definition) is 5. The van der Waals surface area contributed by atoms with Crippen molar-refractivity contribution in [1.29, 1.82) is 0 Å². The van der Waals surface area contributed by atoms with Crippen LogP contribution in [0.1, 0.15) is 13.3 Å². The summed E-state index contributed by atoms with van der Waals surface area (Å²) in [5.74, 6) is -1.57. The quantitative estimate of drug-likeness (QED) is 0.232. The van der Waals surface area contributed by atoms with E-state index in [0.717, 1.165) is 0 Å². The first-order valence-corrected chi connectivity index (χ1v) is 5.90. The molecule has 0 rings (SSSR count). The number of hydrogen-bond acceptors (Lipinski definition) is 8. The molecule has 0 unspecified atom stereocenters. The molecule has 0 bridgehead atoms. The Morgan fingerprint density at radius 1 is 1.15 bits per heavy atom. The minimum Gasteiger partial charge on any atom is -0.462 e. The van der Waals surface area contributed by atoms with E-state index in [1.807, 2.05) is 0 Å². The zero-order chi connectivity index (χ0) is 15.9. The van der Waals surface area contributed by atoms with Gasteiger partial charge in [-0.3, -0.25) is 4.79 Å². The fraction of sp³-hybridized carbons (Fsp3) is 0.667. The summed E-state index contributed by atoms with van der Waals surface area (Å²) in [4.78, 5) is 22.5. The van der Waals surface area contributed by atoms with Crippen molar-refractivity contribution in [3.63, 3.8) is 0 Å². The van der Waals surface area contributed by atoms with Crippen molar-refractivity contribution in [2.45, 2.75) is 37.8 Å². The Morgan fingerprint density at radius 2 is 1.70 bits per heavy atom. The molecule has 0 saturated heterocycles. The van der Waals surface area contributed by atoms with Crippen molar-refractivity contribution < 1.29 is 39.9 Å². The maximum absolute atomic E-state index is 11.5. The predicted octanol–water partition coefficient (Wildman–Crippen LogP) is -2.50. The SMILES string of the molecule is C=C(C)C(=O)OCCC(=O)[C@H](O)[C@@H](O)[C@H](O)[C@H](O)CO. The average molecular weight is 292 g/mol. The van der Waals surface area contributed by atoms with Crippen molar-refractivity contribution in [2.24, 2.45) is 0 Å². The number of carbonyl (C=O) groups excluding carboxylic acids is 2. The molecular weight excluding hydrogens is 272 g/mol. The molecule has 0 heterocycles. The van der Waals surface area contributed by atoms with Crippen LogP contribution in [0.2, 0.25) is 0 Å². The van der Waals surface area contributed by atoms with E-state index in [1.165, 1.54) is 6.92 Å². The average Bonchev–Trinajstić information content (AvgIpc) is 2.43. The monoisotopic (exact) mass is 292 g/mol. The minimum atomic E-state index is -1.96. The van der Waals surface area contributed by atoms with E-state index in [0.29, 0.717) is 0 Å². The first-order valence-electron chi connectivity index (χ1n) is 5.90. The zero-order valence-corrected chi connectivity index (χ0v) is 11.1. The van der Waals surface area contributed by atoms with E-state index < -0.39 is 42.8 Å². The summed E-state index contributed by atoms with van der Waals surface area (Å²) in [5.41, 5.74) is 0.152. The van der Waals surface area contributed by atoms with Crippen LogP contribution in [0.3, 0.4) is 0 Å². The van der Waals surface area contributed by atoms with Crippen LogP contribution in [0.25, 0.3) is 0 Å². The number of aliphatic hydroxyl groups excluding tert-OH is 5. The number of ether oxygens (including phenoxy) is 1. The van der Waals surface area contributed by atoms with E-state index in [-0.39, 0.29) is 18.6 Å². The standard InChI is InChI=1S/C12H20O8/c1-6(2)12(19)20-4-3-7(14)9(16)11(18)10(17)8(15)5-13/h8-11,13,15-18H,1,3-5H2,2H3/t8-,9+,10-,11-/m1/s1. The smallest absolute Gasteiger partial charge is 0.333 e. The van der Waals surface area contributed by atoms with E-state index in [4.69, 9.17) is 10.2 Å². The Kier molecular flexibility index (Phi) is 8.19. The van der Waals surface area contributed by atoms with Gasteiger partial charge < -0.3 is 30.3 Å². The summed E-state index contributed by atoms with van der Waals surface area (Å²) in [7, 11) is 0. The molecule has 5 N–H and O–H groups in total. The lowest BCUT2D eigenvalue weighted by Crippen LogP contribution is -2.48. The molecule has 0 aliphatic heterocycles. The molecular formula is C12H20O8. The van der Waals surface area contributed by atoms with Gasteiger partial charge in [0.05, 0.1) is 13.2 Å². The highest BCUT2D eigenvalue weighted by Crippen LogP contribution is 2.08. The van der Waals surface area contributed by atoms with Gasteiger partial charge in [0.15, 0.2) is 5.78 Å². The molecule has 0 spiro atoms. The van der Waals surface area contributed by atoms with Crippen LogP contribution in [0.5, 0.6) is 0 Å². The van der Waals surface area contributed by atoms with Gasteiger partial charge in [-0.1, -0.05) is 6.58 Å². The first-order chi connectivity index (χ1) is 9.22. The summed E-state index contributed by atoms with van der Waals surface area (Å²) < 4.78 is 4.63. The number of rotatable bonds is 9. The molecule has 20 heavy (non-hydrogen) atoms. The van der Waals surface area contributed by atoms with Crippen LogP contribution in [-0.4, -0.2) is 74.9 Å². The van der Waals surface area contributed by atoms with Crippen molar-refractivity contribution in [3.05, 3.63) is 12.2 Å². The second-order valence-corrected chi connectivity index (χ2v) is 4.31. The van der Waals surface area contributed by atoms with Gasteiger partial charge in [0, 0.05) is 12.0 Å². The topological polar surface area (TPSA) is 145 Å². The second-order valence-electron chi connectivity index (χ2n) is 4.31. The number of carbonyl (C=O) groups is 2. The van der Waals surface area contributed by atoms with Crippen LogP contribution in [0, 0.1) is 0 Å². The van der Waals surface area contributed by atoms with Gasteiger partial charge >= 0.3 is 5.97 Å². The van der Waals surface area contributed by atoms with Gasteiger partial charge in [-0.15, -0.1) is 0 Å². The molecule has 0 aromatic heterocycles. The molecule has 8 heteroatoms. The summed E-state index contributed by atoms with van der Waals surface area (Å²) in [6, 6.07) is 0. The minimum absolute atomic E-state index is 0.152. The number of ketones is 1. The van der Waals surface area contributed by atoms with Gasteiger partial charge in [0.2, 0.25) is 0 Å². The predicted molar refractivity (Wildman–Crippen MR) is 66.5 cm³/mol. The number of aliphatic hydroxyl groups is 5. The lowest BCUT2D eigenvalue weighted by molar-refractivity contribution is -0.149. The largest absolute Gasteiger partial charge is 0.462 e. The lowest BCUT2D eigenvalue weighted by atomic mass is 9.99. The maximum atomic E-state index is 11.5. The Bertz CT molecular complexity index is 353. The Labute approximate surface area is 115 Å². The number of Topliss-reactive ketones (excluding diaryl/α,β-unsaturated/α-hetero) is 1. The van der Waals surface area contributed by atoms with Crippen LogP contribution < -0.4 is 0 Å². The molecule has 0 saturated carbocycles. The molecule has 0 radical (unpaired) electrons. The molecule has 0 aliphatic rings. The van der Waals surface area contributed by atoms with E-state index >= 15 is 0 Å². The third kappa shape index (κ3) is 5.76. The normalized spacial score (nSPS) is 16.9. The summed E-state index contributed by atoms with van der Waals surface area (Å²) >= 11 is 0. The molecule has 116 valence electrons. The van der Waals surface area contributed by atoms with Gasteiger partial charge in [-0.25, -0.2) is 4.79 Å². The molecule has 8 nitrogen and oxygen atoms in total. The fourth-order valence-corrected chi connectivity index (χ4v) is 1.23. The second kappa shape index (κ2) is 8.77. The Balaban J connectivity index is 4.27. The highest BCUT2D eigenvalue weighted by molar-refractivity contribution is 5.87. The molecule has 0 fully saturated rings. The van der Waals surface area contributed by atoms with Crippen molar-refractivity contribution in [3.8, 4) is 0 Å². The third-order valence-electron chi connectivity index (χ3n) is 2.51. The summed E-state index contributed by atoms with van der Waals surface area (Å²) in [6.07, 6.45) is -7.86. The summed E-state index contributed by atoms with van der Waals surface area (Å²) in [5, 5.41) is 45.9. The van der Waals surface area contributed by atoms with Crippen LogP contribution in [0.4, 0.5) is 0 Å².